The number of nitrogens with one attached hydrogen (secondary N) is 2. The first-order valence-corrected chi connectivity index (χ1v) is 9.24. The standard InChI is InChI=1S/C15H24N4O4S/c1-15(2,19-7-9-23-10-8-19)11-17-14(20)18-12-3-5-13(6-4-12)24(16,21)22/h3-6H,7-11H2,1-2H3,(H2,16,21,22)(H2,17,18,20). The summed E-state index contributed by atoms with van der Waals surface area (Å²) < 4.78 is 27.7. The van der Waals surface area contributed by atoms with E-state index in [-0.39, 0.29) is 16.5 Å². The zero-order chi connectivity index (χ0) is 17.8. The Kier molecular flexibility index (Phi) is 5.81. The third kappa shape index (κ3) is 5.17. The van der Waals surface area contributed by atoms with Gasteiger partial charge in [-0.1, -0.05) is 0 Å². The molecule has 0 radical (unpaired) electrons. The summed E-state index contributed by atoms with van der Waals surface area (Å²) in [7, 11) is -3.73. The molecule has 1 aliphatic rings. The largest absolute Gasteiger partial charge is 0.379 e. The predicted molar refractivity (Wildman–Crippen MR) is 91.3 cm³/mol. The van der Waals surface area contributed by atoms with Crippen molar-refractivity contribution in [3.05, 3.63) is 24.3 Å². The average Bonchev–Trinajstić information content (AvgIpc) is 2.54. The van der Waals surface area contributed by atoms with Crippen LogP contribution in [0.15, 0.2) is 29.2 Å². The molecule has 2 rings (SSSR count). The fourth-order valence-electron chi connectivity index (χ4n) is 2.48. The summed E-state index contributed by atoms with van der Waals surface area (Å²) in [6.45, 7) is 7.70. The number of hydrogen-bond donors (Lipinski definition) is 3. The number of urea groups is 1. The van der Waals surface area contributed by atoms with Crippen LogP contribution in [0.25, 0.3) is 0 Å². The van der Waals surface area contributed by atoms with Crippen molar-refractivity contribution in [1.82, 2.24) is 10.2 Å². The number of ether oxygens (including phenoxy) is 1. The molecule has 2 amide bonds. The Hall–Kier alpha value is -1.68. The van der Waals surface area contributed by atoms with Gasteiger partial charge in [0, 0.05) is 30.9 Å². The van der Waals surface area contributed by atoms with Gasteiger partial charge < -0.3 is 15.4 Å². The monoisotopic (exact) mass is 356 g/mol. The van der Waals surface area contributed by atoms with Crippen molar-refractivity contribution in [1.29, 1.82) is 0 Å². The Balaban J connectivity index is 1.86. The fraction of sp³-hybridized carbons (Fsp3) is 0.533. The lowest BCUT2D eigenvalue weighted by atomic mass is 10.0. The van der Waals surface area contributed by atoms with E-state index in [4.69, 9.17) is 9.88 Å². The molecule has 0 atom stereocenters. The second-order valence-electron chi connectivity index (χ2n) is 6.29. The number of amides is 2. The molecule has 0 aliphatic carbocycles. The molecule has 0 saturated carbocycles. The van der Waals surface area contributed by atoms with E-state index < -0.39 is 10.0 Å². The second-order valence-corrected chi connectivity index (χ2v) is 7.85. The minimum atomic E-state index is -3.73. The summed E-state index contributed by atoms with van der Waals surface area (Å²) >= 11 is 0. The van der Waals surface area contributed by atoms with Crippen LogP contribution in [0, 0.1) is 0 Å². The highest BCUT2D eigenvalue weighted by atomic mass is 32.2. The summed E-state index contributed by atoms with van der Waals surface area (Å²) in [5, 5.41) is 10.5. The molecule has 1 aromatic carbocycles. The number of carbonyl (C=O) groups is 1. The molecule has 134 valence electrons. The molecule has 0 spiro atoms. The number of nitrogens with zero attached hydrogens (tertiary/aromatic N) is 1. The molecular weight excluding hydrogens is 332 g/mol. The van der Waals surface area contributed by atoms with Crippen molar-refractivity contribution in [2.75, 3.05) is 38.2 Å². The molecule has 1 aliphatic heterocycles. The van der Waals surface area contributed by atoms with Gasteiger partial charge in [-0.05, 0) is 38.1 Å². The number of hydrogen-bond acceptors (Lipinski definition) is 5. The Morgan fingerprint density at radius 2 is 1.83 bits per heavy atom. The third-order valence-electron chi connectivity index (χ3n) is 3.99. The van der Waals surface area contributed by atoms with Gasteiger partial charge in [-0.25, -0.2) is 18.4 Å². The summed E-state index contributed by atoms with van der Waals surface area (Å²) in [6.07, 6.45) is 0. The van der Waals surface area contributed by atoms with Gasteiger partial charge in [0.15, 0.2) is 0 Å². The van der Waals surface area contributed by atoms with Crippen LogP contribution in [0.3, 0.4) is 0 Å². The van der Waals surface area contributed by atoms with E-state index >= 15 is 0 Å². The summed E-state index contributed by atoms with van der Waals surface area (Å²) in [6, 6.07) is 5.34. The molecule has 1 fully saturated rings. The molecule has 9 heteroatoms. The van der Waals surface area contributed by atoms with E-state index in [2.05, 4.69) is 29.4 Å². The summed E-state index contributed by atoms with van der Waals surface area (Å²) in [5.74, 6) is 0. The highest BCUT2D eigenvalue weighted by Gasteiger charge is 2.28. The molecule has 0 unspecified atom stereocenters. The lowest BCUT2D eigenvalue weighted by molar-refractivity contribution is -0.00863. The van der Waals surface area contributed by atoms with Crippen LogP contribution in [-0.2, 0) is 14.8 Å². The number of benzene rings is 1. The third-order valence-corrected chi connectivity index (χ3v) is 4.92. The summed E-state index contributed by atoms with van der Waals surface area (Å²) in [5.41, 5.74) is 0.308. The lowest BCUT2D eigenvalue weighted by Gasteiger charge is -2.40. The Bertz CT molecular complexity index is 667. The van der Waals surface area contributed by atoms with Gasteiger partial charge in [0.1, 0.15) is 0 Å². The maximum atomic E-state index is 12.0. The quantitative estimate of drug-likeness (QED) is 0.713. The smallest absolute Gasteiger partial charge is 0.319 e. The maximum Gasteiger partial charge on any atom is 0.319 e. The number of rotatable bonds is 5. The first kappa shape index (κ1) is 18.7. The molecular formula is C15H24N4O4S. The van der Waals surface area contributed by atoms with Gasteiger partial charge >= 0.3 is 6.03 Å². The number of morpholine rings is 1. The van der Waals surface area contributed by atoms with Crippen LogP contribution >= 0.6 is 0 Å². The van der Waals surface area contributed by atoms with Crippen LogP contribution in [-0.4, -0.2) is 57.7 Å². The van der Waals surface area contributed by atoms with Gasteiger partial charge in [0.25, 0.3) is 0 Å². The topological polar surface area (TPSA) is 114 Å². The Labute approximate surface area is 142 Å². The van der Waals surface area contributed by atoms with E-state index in [1.807, 2.05) is 0 Å². The van der Waals surface area contributed by atoms with E-state index in [0.717, 1.165) is 13.1 Å². The van der Waals surface area contributed by atoms with Gasteiger partial charge in [0.05, 0.1) is 18.1 Å². The highest BCUT2D eigenvalue weighted by Crippen LogP contribution is 2.16. The summed E-state index contributed by atoms with van der Waals surface area (Å²) in [4.78, 5) is 14.3. The van der Waals surface area contributed by atoms with Crippen LogP contribution in [0.5, 0.6) is 0 Å². The number of sulfonamides is 1. The van der Waals surface area contributed by atoms with Crippen molar-refractivity contribution in [3.8, 4) is 0 Å². The van der Waals surface area contributed by atoms with Crippen molar-refractivity contribution in [2.45, 2.75) is 24.3 Å². The SMILES string of the molecule is CC(C)(CNC(=O)Nc1ccc(S(N)(=O)=O)cc1)N1CCOCC1. The Morgan fingerprint density at radius 1 is 1.25 bits per heavy atom. The van der Waals surface area contributed by atoms with Crippen molar-refractivity contribution in [3.63, 3.8) is 0 Å². The van der Waals surface area contributed by atoms with E-state index in [1.54, 1.807) is 0 Å². The van der Waals surface area contributed by atoms with Crippen molar-refractivity contribution in [2.24, 2.45) is 5.14 Å². The van der Waals surface area contributed by atoms with Crippen molar-refractivity contribution >= 4 is 21.7 Å². The molecule has 0 bridgehead atoms. The van der Waals surface area contributed by atoms with Gasteiger partial charge in [0.2, 0.25) is 10.0 Å². The van der Waals surface area contributed by atoms with E-state index in [1.165, 1.54) is 24.3 Å². The van der Waals surface area contributed by atoms with Gasteiger partial charge in [-0.3, -0.25) is 4.90 Å². The first-order chi connectivity index (χ1) is 11.2. The molecule has 24 heavy (non-hydrogen) atoms. The fourth-order valence-corrected chi connectivity index (χ4v) is 3.00. The number of carbonyl (C=O) groups excluding carboxylic acids is 1. The van der Waals surface area contributed by atoms with E-state index in [9.17, 15) is 13.2 Å². The van der Waals surface area contributed by atoms with Crippen LogP contribution in [0.4, 0.5) is 10.5 Å². The minimum absolute atomic E-state index is 0.00177. The Morgan fingerprint density at radius 3 is 2.38 bits per heavy atom. The normalized spacial score (nSPS) is 16.6. The molecule has 4 N–H and O–H groups in total. The molecule has 0 aromatic heterocycles. The van der Waals surface area contributed by atoms with Crippen LogP contribution in [0.2, 0.25) is 0 Å². The first-order valence-electron chi connectivity index (χ1n) is 7.69. The van der Waals surface area contributed by atoms with Crippen LogP contribution < -0.4 is 15.8 Å². The average molecular weight is 356 g/mol. The second kappa shape index (κ2) is 7.47. The number of nitrogens with two attached hydrogens (primary N) is 1. The van der Waals surface area contributed by atoms with Gasteiger partial charge in [-0.15, -0.1) is 0 Å². The molecule has 8 nitrogen and oxygen atoms in total. The minimum Gasteiger partial charge on any atom is -0.379 e. The molecule has 1 aromatic rings. The maximum absolute atomic E-state index is 12.0. The highest BCUT2D eigenvalue weighted by molar-refractivity contribution is 7.89. The van der Waals surface area contributed by atoms with Crippen molar-refractivity contribution < 1.29 is 17.9 Å². The predicted octanol–water partition coefficient (Wildman–Crippen LogP) is 0.566. The lowest BCUT2D eigenvalue weighted by Crippen LogP contribution is -2.55. The van der Waals surface area contributed by atoms with Crippen LogP contribution in [0.1, 0.15) is 13.8 Å². The number of anilines is 1. The zero-order valence-corrected chi connectivity index (χ0v) is 14.7. The number of primary sulfonamides is 1. The molecule has 1 saturated heterocycles. The van der Waals surface area contributed by atoms with E-state index in [0.29, 0.717) is 25.4 Å². The zero-order valence-electron chi connectivity index (χ0n) is 13.9. The van der Waals surface area contributed by atoms with Gasteiger partial charge in [-0.2, -0.15) is 0 Å². The molecule has 1 heterocycles.